The molecule has 0 aliphatic carbocycles. The molecule has 5 nitrogen and oxygen atoms in total. The predicted molar refractivity (Wildman–Crippen MR) is 77.2 cm³/mol. The summed E-state index contributed by atoms with van der Waals surface area (Å²) in [7, 11) is 3.27. The Balaban J connectivity index is 3.12. The molecule has 0 amide bonds. The van der Waals surface area contributed by atoms with Gasteiger partial charge in [0, 0.05) is 19.7 Å². The fourth-order valence-corrected chi connectivity index (χ4v) is 2.31. The fourth-order valence-electron chi connectivity index (χ4n) is 2.10. The van der Waals surface area contributed by atoms with Crippen molar-refractivity contribution in [3.63, 3.8) is 0 Å². The molecule has 0 saturated carbocycles. The third-order valence-corrected chi connectivity index (χ3v) is 3.41. The molecule has 0 radical (unpaired) electrons. The van der Waals surface area contributed by atoms with E-state index >= 15 is 0 Å². The van der Waals surface area contributed by atoms with Crippen molar-refractivity contribution in [3.8, 4) is 5.75 Å². The highest BCUT2D eigenvalue weighted by molar-refractivity contribution is 6.31. The molecule has 108 valence electrons. The van der Waals surface area contributed by atoms with E-state index < -0.39 is 0 Å². The van der Waals surface area contributed by atoms with Gasteiger partial charge < -0.3 is 14.4 Å². The number of rotatable bonds is 8. The molecular weight excluding hydrogens is 266 g/mol. The summed E-state index contributed by atoms with van der Waals surface area (Å²) in [5.41, 5.74) is 0. The van der Waals surface area contributed by atoms with E-state index in [9.17, 15) is 0 Å². The summed E-state index contributed by atoms with van der Waals surface area (Å²) in [5.74, 6) is 1.25. The zero-order chi connectivity index (χ0) is 14.3. The molecule has 0 unspecified atom stereocenters. The van der Waals surface area contributed by atoms with Gasteiger partial charge in [-0.2, -0.15) is 0 Å². The third kappa shape index (κ3) is 3.94. The van der Waals surface area contributed by atoms with Crippen LogP contribution in [0.1, 0.15) is 26.7 Å². The summed E-state index contributed by atoms with van der Waals surface area (Å²) in [4.78, 5) is 10.5. The molecule has 6 heteroatoms. The van der Waals surface area contributed by atoms with Crippen molar-refractivity contribution in [2.75, 3.05) is 32.3 Å². The van der Waals surface area contributed by atoms with Gasteiger partial charge >= 0.3 is 0 Å². The first kappa shape index (κ1) is 16.0. The van der Waals surface area contributed by atoms with Crippen molar-refractivity contribution in [1.29, 1.82) is 0 Å². The SMILES string of the molecule is CCC(CC)N(CCOC)c1ncnc(Cl)c1OC. The van der Waals surface area contributed by atoms with E-state index in [1.807, 2.05) is 0 Å². The van der Waals surface area contributed by atoms with Gasteiger partial charge in [-0.05, 0) is 12.8 Å². The standard InChI is InChI=1S/C13H22ClN3O2/c1-5-10(6-2)17(7-8-18-3)13-11(19-4)12(14)15-9-16-13/h9-10H,5-8H2,1-4H3. The Morgan fingerprint density at radius 1 is 1.26 bits per heavy atom. The lowest BCUT2D eigenvalue weighted by Gasteiger charge is -2.32. The van der Waals surface area contributed by atoms with Crippen LogP contribution >= 0.6 is 11.6 Å². The molecule has 0 aliphatic heterocycles. The summed E-state index contributed by atoms with van der Waals surface area (Å²) in [6.07, 6.45) is 3.50. The molecule has 0 aliphatic rings. The highest BCUT2D eigenvalue weighted by atomic mass is 35.5. The van der Waals surface area contributed by atoms with Crippen molar-refractivity contribution >= 4 is 17.4 Å². The van der Waals surface area contributed by atoms with Crippen molar-refractivity contribution in [2.24, 2.45) is 0 Å². The van der Waals surface area contributed by atoms with E-state index in [2.05, 4.69) is 28.7 Å². The van der Waals surface area contributed by atoms with E-state index in [-0.39, 0.29) is 0 Å². The molecule has 0 atom stereocenters. The summed E-state index contributed by atoms with van der Waals surface area (Å²) in [5, 5.41) is 0.334. The molecule has 0 N–H and O–H groups in total. The Labute approximate surface area is 119 Å². The number of hydrogen-bond acceptors (Lipinski definition) is 5. The zero-order valence-electron chi connectivity index (χ0n) is 12.0. The van der Waals surface area contributed by atoms with Crippen LogP contribution in [0.3, 0.4) is 0 Å². The van der Waals surface area contributed by atoms with Crippen molar-refractivity contribution in [3.05, 3.63) is 11.5 Å². The van der Waals surface area contributed by atoms with E-state index in [0.29, 0.717) is 23.6 Å². The van der Waals surface area contributed by atoms with Gasteiger partial charge in [-0.3, -0.25) is 0 Å². The van der Waals surface area contributed by atoms with Crippen molar-refractivity contribution < 1.29 is 9.47 Å². The van der Waals surface area contributed by atoms with Crippen LogP contribution < -0.4 is 9.64 Å². The van der Waals surface area contributed by atoms with Crippen molar-refractivity contribution in [1.82, 2.24) is 9.97 Å². The van der Waals surface area contributed by atoms with Crippen LogP contribution in [0, 0.1) is 0 Å². The van der Waals surface area contributed by atoms with E-state index in [1.54, 1.807) is 14.2 Å². The molecule has 19 heavy (non-hydrogen) atoms. The number of halogens is 1. The molecule has 0 saturated heterocycles. The Hall–Kier alpha value is -1.07. The summed E-state index contributed by atoms with van der Waals surface area (Å²) >= 11 is 6.06. The highest BCUT2D eigenvalue weighted by Crippen LogP contribution is 2.33. The average Bonchev–Trinajstić information content (AvgIpc) is 2.43. The Morgan fingerprint density at radius 2 is 1.95 bits per heavy atom. The molecule has 1 rings (SSSR count). The van der Waals surface area contributed by atoms with Gasteiger partial charge in [0.05, 0.1) is 13.7 Å². The lowest BCUT2D eigenvalue weighted by Crippen LogP contribution is -2.38. The smallest absolute Gasteiger partial charge is 0.199 e. The largest absolute Gasteiger partial charge is 0.490 e. The fraction of sp³-hybridized carbons (Fsp3) is 0.692. The molecular formula is C13H22ClN3O2. The maximum atomic E-state index is 6.06. The van der Waals surface area contributed by atoms with E-state index in [1.165, 1.54) is 6.33 Å². The molecule has 0 spiro atoms. The monoisotopic (exact) mass is 287 g/mol. The van der Waals surface area contributed by atoms with E-state index in [4.69, 9.17) is 21.1 Å². The summed E-state index contributed by atoms with van der Waals surface area (Å²) in [6.45, 7) is 5.68. The lowest BCUT2D eigenvalue weighted by molar-refractivity contribution is 0.202. The van der Waals surface area contributed by atoms with Crippen LogP contribution in [-0.4, -0.2) is 43.4 Å². The minimum Gasteiger partial charge on any atom is -0.490 e. The summed E-state index contributed by atoms with van der Waals surface area (Å²) in [6, 6.07) is 0.370. The molecule has 0 aromatic carbocycles. The topological polar surface area (TPSA) is 47.5 Å². The van der Waals surface area contributed by atoms with Gasteiger partial charge in [-0.15, -0.1) is 0 Å². The van der Waals surface area contributed by atoms with Crippen LogP contribution in [0.5, 0.6) is 5.75 Å². The predicted octanol–water partition coefficient (Wildman–Crippen LogP) is 2.78. The second-order valence-corrected chi connectivity index (χ2v) is 4.54. The molecule has 1 aromatic heterocycles. The number of methoxy groups -OCH3 is 2. The molecule has 0 bridgehead atoms. The number of hydrogen-bond donors (Lipinski definition) is 0. The first-order chi connectivity index (χ1) is 9.19. The van der Waals surface area contributed by atoms with Gasteiger partial charge in [0.2, 0.25) is 0 Å². The van der Waals surface area contributed by atoms with Gasteiger partial charge in [0.15, 0.2) is 16.7 Å². The minimum atomic E-state index is 0.334. The number of ether oxygens (including phenoxy) is 2. The normalized spacial score (nSPS) is 10.8. The van der Waals surface area contributed by atoms with E-state index in [0.717, 1.165) is 25.2 Å². The third-order valence-electron chi connectivity index (χ3n) is 3.14. The minimum absolute atomic E-state index is 0.334. The van der Waals surface area contributed by atoms with Crippen LogP contribution in [0.15, 0.2) is 6.33 Å². The van der Waals surface area contributed by atoms with Gasteiger partial charge in [0.1, 0.15) is 6.33 Å². The second-order valence-electron chi connectivity index (χ2n) is 4.18. The number of nitrogens with zero attached hydrogens (tertiary/aromatic N) is 3. The zero-order valence-corrected chi connectivity index (χ0v) is 12.8. The van der Waals surface area contributed by atoms with Gasteiger partial charge in [-0.1, -0.05) is 25.4 Å². The van der Waals surface area contributed by atoms with Crippen LogP contribution in [0.25, 0.3) is 0 Å². The Kier molecular flexibility index (Phi) is 6.87. The second kappa shape index (κ2) is 8.17. The van der Waals surface area contributed by atoms with Gasteiger partial charge in [0.25, 0.3) is 0 Å². The highest BCUT2D eigenvalue weighted by Gasteiger charge is 2.22. The first-order valence-electron chi connectivity index (χ1n) is 6.49. The summed E-state index contributed by atoms with van der Waals surface area (Å²) < 4.78 is 10.5. The maximum Gasteiger partial charge on any atom is 0.199 e. The van der Waals surface area contributed by atoms with Crippen molar-refractivity contribution in [2.45, 2.75) is 32.7 Å². The van der Waals surface area contributed by atoms with Crippen LogP contribution in [0.2, 0.25) is 5.15 Å². The Bertz CT molecular complexity index is 386. The Morgan fingerprint density at radius 3 is 2.47 bits per heavy atom. The van der Waals surface area contributed by atoms with Crippen LogP contribution in [0.4, 0.5) is 5.82 Å². The molecule has 1 heterocycles. The van der Waals surface area contributed by atoms with Crippen LogP contribution in [-0.2, 0) is 4.74 Å². The first-order valence-corrected chi connectivity index (χ1v) is 6.87. The molecule has 0 fully saturated rings. The van der Waals surface area contributed by atoms with Gasteiger partial charge in [-0.25, -0.2) is 9.97 Å². The maximum absolute atomic E-state index is 6.06. The number of anilines is 1. The quantitative estimate of drug-likeness (QED) is 0.688. The molecule has 1 aromatic rings. The average molecular weight is 288 g/mol. The number of aromatic nitrogens is 2. The lowest BCUT2D eigenvalue weighted by atomic mass is 10.1.